The minimum atomic E-state index is -1.21. The molecule has 133 valence electrons. The van der Waals surface area contributed by atoms with Gasteiger partial charge in [-0.25, -0.2) is 0 Å². The molecule has 0 amide bonds. The SMILES string of the molecule is CCO[C@@H]1C[C@@H]1CO[Si](c1ccccc1)c1ccc(C(C)(C)C)cc1. The second kappa shape index (κ2) is 7.86. The summed E-state index contributed by atoms with van der Waals surface area (Å²) in [6.07, 6.45) is 1.55. The van der Waals surface area contributed by atoms with Crippen molar-refractivity contribution in [3.63, 3.8) is 0 Å². The molecular formula is C22H29O2Si. The van der Waals surface area contributed by atoms with Crippen LogP contribution in [0.5, 0.6) is 0 Å². The Labute approximate surface area is 153 Å². The first-order chi connectivity index (χ1) is 12.0. The highest BCUT2D eigenvalue weighted by Gasteiger charge is 2.38. The van der Waals surface area contributed by atoms with Gasteiger partial charge in [0.2, 0.25) is 0 Å². The number of ether oxygens (including phenoxy) is 1. The Morgan fingerprint density at radius 1 is 0.960 bits per heavy atom. The van der Waals surface area contributed by atoms with Gasteiger partial charge in [0.25, 0.3) is 9.04 Å². The van der Waals surface area contributed by atoms with Crippen LogP contribution in [0.3, 0.4) is 0 Å². The van der Waals surface area contributed by atoms with Crippen molar-refractivity contribution >= 4 is 19.4 Å². The molecule has 1 aliphatic rings. The van der Waals surface area contributed by atoms with E-state index in [1.807, 2.05) is 0 Å². The third-order valence-corrected chi connectivity index (χ3v) is 6.90. The lowest BCUT2D eigenvalue weighted by molar-refractivity contribution is 0.112. The molecule has 0 saturated heterocycles. The van der Waals surface area contributed by atoms with Crippen LogP contribution in [-0.2, 0) is 14.6 Å². The summed E-state index contributed by atoms with van der Waals surface area (Å²) in [4.78, 5) is 0. The predicted molar refractivity (Wildman–Crippen MR) is 106 cm³/mol. The van der Waals surface area contributed by atoms with Gasteiger partial charge in [-0.2, -0.15) is 0 Å². The molecule has 1 fully saturated rings. The van der Waals surface area contributed by atoms with Gasteiger partial charge < -0.3 is 9.16 Å². The second-order valence-corrected chi connectivity index (χ2v) is 9.92. The molecule has 2 atom stereocenters. The molecule has 2 aromatic carbocycles. The first kappa shape index (κ1) is 18.4. The maximum absolute atomic E-state index is 6.46. The quantitative estimate of drug-likeness (QED) is 0.709. The van der Waals surface area contributed by atoms with E-state index >= 15 is 0 Å². The number of benzene rings is 2. The summed E-state index contributed by atoms with van der Waals surface area (Å²) in [7, 11) is -1.21. The minimum absolute atomic E-state index is 0.178. The topological polar surface area (TPSA) is 18.5 Å². The molecule has 0 spiro atoms. The summed E-state index contributed by atoms with van der Waals surface area (Å²) in [5.41, 5.74) is 1.54. The summed E-state index contributed by atoms with van der Waals surface area (Å²) in [6, 6.07) is 19.7. The zero-order chi connectivity index (χ0) is 17.9. The third kappa shape index (κ3) is 4.81. The molecule has 0 bridgehead atoms. The van der Waals surface area contributed by atoms with Crippen molar-refractivity contribution < 1.29 is 9.16 Å². The fourth-order valence-corrected chi connectivity index (χ4v) is 5.06. The van der Waals surface area contributed by atoms with Gasteiger partial charge in [0.05, 0.1) is 6.10 Å². The number of hydrogen-bond donors (Lipinski definition) is 0. The van der Waals surface area contributed by atoms with Crippen LogP contribution in [-0.4, -0.2) is 28.4 Å². The smallest absolute Gasteiger partial charge is 0.282 e. The maximum Gasteiger partial charge on any atom is 0.282 e. The van der Waals surface area contributed by atoms with Crippen molar-refractivity contribution in [1.82, 2.24) is 0 Å². The van der Waals surface area contributed by atoms with Crippen molar-refractivity contribution in [2.24, 2.45) is 5.92 Å². The zero-order valence-corrected chi connectivity index (χ0v) is 16.8. The van der Waals surface area contributed by atoms with Crippen LogP contribution in [0.25, 0.3) is 0 Å². The Morgan fingerprint density at radius 2 is 1.60 bits per heavy atom. The molecule has 3 rings (SSSR count). The van der Waals surface area contributed by atoms with Crippen LogP contribution in [0.2, 0.25) is 0 Å². The lowest BCUT2D eigenvalue weighted by Crippen LogP contribution is -2.45. The van der Waals surface area contributed by atoms with E-state index in [9.17, 15) is 0 Å². The van der Waals surface area contributed by atoms with Gasteiger partial charge >= 0.3 is 0 Å². The molecule has 3 heteroatoms. The summed E-state index contributed by atoms with van der Waals surface area (Å²) in [5, 5.41) is 2.63. The molecule has 1 aliphatic carbocycles. The molecule has 0 heterocycles. The van der Waals surface area contributed by atoms with Gasteiger partial charge in [-0.15, -0.1) is 0 Å². The number of hydrogen-bond acceptors (Lipinski definition) is 2. The molecule has 2 aromatic rings. The minimum Gasteiger partial charge on any atom is -0.407 e. The Bertz CT molecular complexity index is 661. The summed E-state index contributed by atoms with van der Waals surface area (Å²) in [5.74, 6) is 0.567. The van der Waals surface area contributed by atoms with Gasteiger partial charge in [-0.05, 0) is 34.7 Å². The Kier molecular flexibility index (Phi) is 5.77. The monoisotopic (exact) mass is 353 g/mol. The van der Waals surface area contributed by atoms with Crippen LogP contribution in [0.4, 0.5) is 0 Å². The Balaban J connectivity index is 1.75. The van der Waals surface area contributed by atoms with Crippen LogP contribution < -0.4 is 10.4 Å². The van der Waals surface area contributed by atoms with Crippen LogP contribution in [0.1, 0.15) is 39.7 Å². The van der Waals surface area contributed by atoms with Gasteiger partial charge in [0, 0.05) is 19.1 Å². The van der Waals surface area contributed by atoms with Gasteiger partial charge in [-0.3, -0.25) is 0 Å². The maximum atomic E-state index is 6.46. The standard InChI is InChI=1S/C22H29O2Si/c1-5-23-21-15-17(21)16-24-25(19-9-7-6-8-10-19)20-13-11-18(12-14-20)22(2,3)4/h6-14,17,21H,5,15-16H2,1-4H3/t17-,21-/m1/s1. The molecule has 2 nitrogen and oxygen atoms in total. The third-order valence-electron chi connectivity index (χ3n) is 4.73. The average Bonchev–Trinajstić information content (AvgIpc) is 3.34. The molecular weight excluding hydrogens is 324 g/mol. The lowest BCUT2D eigenvalue weighted by atomic mass is 9.87. The predicted octanol–water partition coefficient (Wildman–Crippen LogP) is 3.53. The van der Waals surface area contributed by atoms with Gasteiger partial charge in [0.15, 0.2) is 0 Å². The van der Waals surface area contributed by atoms with E-state index < -0.39 is 9.04 Å². The van der Waals surface area contributed by atoms with E-state index in [0.29, 0.717) is 12.0 Å². The van der Waals surface area contributed by atoms with E-state index in [1.165, 1.54) is 15.9 Å². The highest BCUT2D eigenvalue weighted by atomic mass is 28.3. The average molecular weight is 354 g/mol. The van der Waals surface area contributed by atoms with Crippen LogP contribution in [0, 0.1) is 5.92 Å². The van der Waals surface area contributed by atoms with E-state index in [0.717, 1.165) is 19.6 Å². The summed E-state index contributed by atoms with van der Waals surface area (Å²) in [6.45, 7) is 10.4. The summed E-state index contributed by atoms with van der Waals surface area (Å²) < 4.78 is 12.2. The molecule has 0 aromatic heterocycles. The molecule has 1 radical (unpaired) electrons. The molecule has 0 unspecified atom stereocenters. The Hall–Kier alpha value is -1.42. The van der Waals surface area contributed by atoms with Crippen LogP contribution in [0.15, 0.2) is 54.6 Å². The van der Waals surface area contributed by atoms with E-state index in [2.05, 4.69) is 82.3 Å². The summed E-state index contributed by atoms with van der Waals surface area (Å²) >= 11 is 0. The van der Waals surface area contributed by atoms with E-state index in [4.69, 9.17) is 9.16 Å². The van der Waals surface area contributed by atoms with Crippen molar-refractivity contribution in [3.05, 3.63) is 60.2 Å². The first-order valence-electron chi connectivity index (χ1n) is 9.26. The van der Waals surface area contributed by atoms with E-state index in [-0.39, 0.29) is 5.41 Å². The van der Waals surface area contributed by atoms with E-state index in [1.54, 1.807) is 0 Å². The largest absolute Gasteiger partial charge is 0.407 e. The molecule has 0 aliphatic heterocycles. The number of rotatable bonds is 7. The van der Waals surface area contributed by atoms with Crippen molar-refractivity contribution in [2.45, 2.75) is 45.6 Å². The highest BCUT2D eigenvalue weighted by Crippen LogP contribution is 2.33. The second-order valence-electron chi connectivity index (χ2n) is 7.82. The molecule has 1 saturated carbocycles. The first-order valence-corrected chi connectivity index (χ1v) is 10.7. The molecule has 0 N–H and O–H groups in total. The zero-order valence-electron chi connectivity index (χ0n) is 15.8. The van der Waals surface area contributed by atoms with Crippen molar-refractivity contribution in [3.8, 4) is 0 Å². The fourth-order valence-electron chi connectivity index (χ4n) is 3.05. The lowest BCUT2D eigenvalue weighted by Gasteiger charge is -2.21. The van der Waals surface area contributed by atoms with Crippen molar-refractivity contribution in [2.75, 3.05) is 13.2 Å². The highest BCUT2D eigenvalue weighted by molar-refractivity contribution is 6.80. The van der Waals surface area contributed by atoms with Gasteiger partial charge in [0.1, 0.15) is 0 Å². The fraction of sp³-hybridized carbons (Fsp3) is 0.455. The normalized spacial score (nSPS) is 20.0. The molecule has 25 heavy (non-hydrogen) atoms. The van der Waals surface area contributed by atoms with Crippen molar-refractivity contribution in [1.29, 1.82) is 0 Å². The van der Waals surface area contributed by atoms with Crippen LogP contribution >= 0.6 is 0 Å². The van der Waals surface area contributed by atoms with Gasteiger partial charge in [-0.1, -0.05) is 75.4 Å². The Morgan fingerprint density at radius 3 is 2.20 bits per heavy atom.